The Hall–Kier alpha value is -0.547. The van der Waals surface area contributed by atoms with Gasteiger partial charge < -0.3 is 20.4 Å². The topological polar surface area (TPSA) is 38.5 Å². The van der Waals surface area contributed by atoms with Crippen molar-refractivity contribution >= 4 is 13.6 Å². The Balaban J connectivity index is -0.0000000388. The first-order valence-corrected chi connectivity index (χ1v) is 4.48. The molecular weight excluding hydrogens is 291 g/mol. The molecule has 0 amide bonds. The molecule has 0 saturated heterocycles. The van der Waals surface area contributed by atoms with Gasteiger partial charge in [0.15, 0.2) is 0 Å². The molecule has 0 atom stereocenters. The molecule has 0 N–H and O–H groups in total. The summed E-state index contributed by atoms with van der Waals surface area (Å²) in [5.41, 5.74) is -0.125. The number of rotatable bonds is 1. The summed E-state index contributed by atoms with van der Waals surface area (Å²) in [6, 6.07) is 0. The van der Waals surface area contributed by atoms with Gasteiger partial charge in [-0.05, 0) is 0 Å². The predicted octanol–water partition coefficient (Wildman–Crippen LogP) is 3.16. The van der Waals surface area contributed by atoms with Crippen molar-refractivity contribution in [3.05, 3.63) is 17.3 Å². The van der Waals surface area contributed by atoms with Gasteiger partial charge in [-0.2, -0.15) is 20.8 Å². The monoisotopic (exact) mass is 314 g/mol. The van der Waals surface area contributed by atoms with Gasteiger partial charge in [-0.3, -0.25) is 13.6 Å². The summed E-state index contributed by atoms with van der Waals surface area (Å²) in [5, 5.41) is 0. The summed E-state index contributed by atoms with van der Waals surface area (Å²) < 4.78 is 0. The maximum atomic E-state index is 7.75. The fourth-order valence-electron chi connectivity index (χ4n) is 0.0791. The maximum absolute atomic E-state index is 7.75. The molecule has 0 rings (SSSR count). The third-order valence-corrected chi connectivity index (χ3v) is 1.17. The van der Waals surface area contributed by atoms with Gasteiger partial charge in [0.05, 0.1) is 0 Å². The van der Waals surface area contributed by atoms with Crippen molar-refractivity contribution in [1.82, 2.24) is 0 Å². The van der Waals surface area contributed by atoms with Crippen molar-refractivity contribution in [2.24, 2.45) is 0 Å². The summed E-state index contributed by atoms with van der Waals surface area (Å²) in [5.74, 6) is 1.42. The molecular formula is C12H22NO2Ru+. The first-order chi connectivity index (χ1) is 6.85. The molecule has 94 valence electrons. The minimum Gasteiger partial charge on any atom is -0.545 e. The number of hydrogen-bond donors (Lipinski definition) is 0. The summed E-state index contributed by atoms with van der Waals surface area (Å²) in [6.45, 7) is 25.3. The van der Waals surface area contributed by atoms with E-state index in [-0.39, 0.29) is 25.0 Å². The largest absolute Gasteiger partial charge is 4.00 e. The average Bonchev–Trinajstić information content (AvgIpc) is 2.23. The minimum atomic E-state index is -0.125. The van der Waals surface area contributed by atoms with Crippen LogP contribution in [0.25, 0.3) is 4.85 Å². The van der Waals surface area contributed by atoms with Crippen molar-refractivity contribution in [1.29, 1.82) is 0 Å². The van der Waals surface area contributed by atoms with Crippen LogP contribution in [0.4, 0.5) is 0 Å². The Morgan fingerprint density at radius 2 is 1.31 bits per heavy atom. The Morgan fingerprint density at radius 3 is 1.31 bits per heavy atom. The molecule has 0 aromatic heterocycles. The van der Waals surface area contributed by atoms with E-state index in [0.717, 1.165) is 6.42 Å². The van der Waals surface area contributed by atoms with Crippen LogP contribution in [0.1, 0.15) is 48.0 Å². The Kier molecular flexibility index (Phi) is 44.2. The van der Waals surface area contributed by atoms with Crippen LogP contribution in [-0.2, 0) is 29.1 Å². The van der Waals surface area contributed by atoms with Crippen LogP contribution >= 0.6 is 0 Å². The molecule has 0 aliphatic rings. The zero-order valence-corrected chi connectivity index (χ0v) is 12.7. The summed E-state index contributed by atoms with van der Waals surface area (Å²) >= 11 is 0. The standard InChI is InChI=1S/C6H11N.C4H9.2CHO.Ru/c1-5-6(2,3)7-4;1-4(2)3;2*1-2;/h5H2,1-3H3;1-3H3;2*1H;/q;3*-1;+4. The van der Waals surface area contributed by atoms with Gasteiger partial charge in [-0.25, -0.2) is 6.57 Å². The van der Waals surface area contributed by atoms with Crippen LogP contribution in [0, 0.1) is 12.5 Å². The second-order valence-corrected chi connectivity index (χ2v) is 3.78. The van der Waals surface area contributed by atoms with Gasteiger partial charge >= 0.3 is 19.5 Å². The molecule has 4 heteroatoms. The second-order valence-electron chi connectivity index (χ2n) is 3.78. The van der Waals surface area contributed by atoms with E-state index >= 15 is 0 Å². The first-order valence-electron chi connectivity index (χ1n) is 4.48. The van der Waals surface area contributed by atoms with Crippen molar-refractivity contribution in [2.75, 3.05) is 0 Å². The van der Waals surface area contributed by atoms with E-state index in [2.05, 4.69) is 39.2 Å². The molecule has 0 radical (unpaired) electrons. The molecule has 0 saturated carbocycles. The molecule has 0 bridgehead atoms. The van der Waals surface area contributed by atoms with Gasteiger partial charge in [-0.1, -0.05) is 6.92 Å². The summed E-state index contributed by atoms with van der Waals surface area (Å²) in [6.07, 6.45) is 0.941. The van der Waals surface area contributed by atoms with E-state index in [1.165, 1.54) is 5.92 Å². The molecule has 0 aromatic rings. The van der Waals surface area contributed by atoms with E-state index < -0.39 is 0 Å². The number of carbonyl (C=O) groups excluding carboxylic acids is 2. The van der Waals surface area contributed by atoms with Gasteiger partial charge in [0, 0.05) is 20.3 Å². The van der Waals surface area contributed by atoms with E-state index in [9.17, 15) is 0 Å². The smallest absolute Gasteiger partial charge is 0.545 e. The molecule has 0 heterocycles. The molecule has 0 unspecified atom stereocenters. The molecule has 0 aliphatic carbocycles. The normalized spacial score (nSPS) is 7.38. The maximum Gasteiger partial charge on any atom is 4.00 e. The van der Waals surface area contributed by atoms with Crippen LogP contribution in [0.2, 0.25) is 0 Å². The van der Waals surface area contributed by atoms with Crippen molar-refractivity contribution in [3.8, 4) is 0 Å². The molecule has 0 aliphatic heterocycles. The van der Waals surface area contributed by atoms with Gasteiger partial charge in [0.1, 0.15) is 0 Å². The second kappa shape index (κ2) is 23.9. The molecule has 3 nitrogen and oxygen atoms in total. The predicted molar refractivity (Wildman–Crippen MR) is 64.7 cm³/mol. The van der Waals surface area contributed by atoms with Gasteiger partial charge in [-0.15, -0.1) is 0 Å². The van der Waals surface area contributed by atoms with Gasteiger partial charge in [0.2, 0.25) is 5.54 Å². The Labute approximate surface area is 114 Å². The Morgan fingerprint density at radius 1 is 1.12 bits per heavy atom. The molecule has 0 fully saturated rings. The number of nitrogens with zero attached hydrogens (tertiary/aromatic N) is 1. The van der Waals surface area contributed by atoms with Crippen molar-refractivity contribution in [2.45, 2.75) is 53.5 Å². The fraction of sp³-hybridized carbons (Fsp3) is 0.667. The molecule has 0 spiro atoms. The van der Waals surface area contributed by atoms with Crippen LogP contribution in [-0.4, -0.2) is 19.1 Å². The van der Waals surface area contributed by atoms with Gasteiger partial charge in [0.25, 0.3) is 0 Å². The third-order valence-electron chi connectivity index (χ3n) is 1.17. The van der Waals surface area contributed by atoms with Crippen LogP contribution < -0.4 is 0 Å². The minimum absolute atomic E-state index is 0. The van der Waals surface area contributed by atoms with E-state index in [4.69, 9.17) is 16.2 Å². The van der Waals surface area contributed by atoms with Crippen molar-refractivity contribution < 1.29 is 29.1 Å². The Bertz CT molecular complexity index is 149. The third kappa shape index (κ3) is 70.2. The van der Waals surface area contributed by atoms with Crippen LogP contribution in [0.5, 0.6) is 0 Å². The SMILES string of the molecule is C[C-](C)C.[C-]#[N+]C(C)(C)CC.[CH-]=O.[CH-]=O.[Ru+4]. The number of hydrogen-bond acceptors (Lipinski definition) is 2. The van der Waals surface area contributed by atoms with Crippen molar-refractivity contribution in [3.63, 3.8) is 0 Å². The van der Waals surface area contributed by atoms with E-state index in [1.54, 1.807) is 0 Å². The molecule has 0 aromatic carbocycles. The fourth-order valence-corrected chi connectivity index (χ4v) is 0.0791. The molecule has 16 heavy (non-hydrogen) atoms. The van der Waals surface area contributed by atoms with Crippen LogP contribution in [0.3, 0.4) is 0 Å². The summed E-state index contributed by atoms with van der Waals surface area (Å²) in [4.78, 5) is 18.9. The average molecular weight is 313 g/mol. The first kappa shape index (κ1) is 29.5. The zero-order chi connectivity index (χ0) is 13.5. The quantitative estimate of drug-likeness (QED) is 0.424. The zero-order valence-electron chi connectivity index (χ0n) is 11.0. The van der Waals surface area contributed by atoms with E-state index in [0.29, 0.717) is 0 Å². The van der Waals surface area contributed by atoms with Crippen LogP contribution in [0.15, 0.2) is 0 Å². The summed E-state index contributed by atoms with van der Waals surface area (Å²) in [7, 11) is 0. The van der Waals surface area contributed by atoms with E-state index in [1.807, 2.05) is 20.8 Å².